The Morgan fingerprint density at radius 3 is 2.95 bits per heavy atom. The minimum absolute atomic E-state index is 0.0579. The fraction of sp³-hybridized carbons (Fsp3) is 0.692. The molecule has 0 spiro atoms. The lowest BCUT2D eigenvalue weighted by Gasteiger charge is -2.18. The minimum Gasteiger partial charge on any atom is -0.378 e. The van der Waals surface area contributed by atoms with Gasteiger partial charge in [0.15, 0.2) is 0 Å². The van der Waals surface area contributed by atoms with Crippen LogP contribution in [-0.2, 0) is 16.0 Å². The third-order valence-corrected chi connectivity index (χ3v) is 2.77. The number of H-pyrrole nitrogens is 1. The van der Waals surface area contributed by atoms with Crippen LogP contribution in [0.3, 0.4) is 0 Å². The van der Waals surface area contributed by atoms with E-state index >= 15 is 0 Å². The Labute approximate surface area is 119 Å². The van der Waals surface area contributed by atoms with Crippen molar-refractivity contribution < 1.29 is 9.53 Å². The van der Waals surface area contributed by atoms with Crippen LogP contribution in [0.1, 0.15) is 12.6 Å². The largest absolute Gasteiger partial charge is 0.378 e. The molecule has 0 saturated heterocycles. The highest BCUT2D eigenvalue weighted by molar-refractivity contribution is 5.81. The monoisotopic (exact) mass is 283 g/mol. The molecule has 2 unspecified atom stereocenters. The number of aromatic amines is 1. The smallest absolute Gasteiger partial charge is 0.237 e. The van der Waals surface area contributed by atoms with Crippen LogP contribution >= 0.6 is 0 Å². The van der Waals surface area contributed by atoms with Crippen molar-refractivity contribution in [3.05, 3.63) is 18.2 Å². The molecule has 0 fully saturated rings. The molecule has 1 amide bonds. The molecule has 7 nitrogen and oxygen atoms in total. The molecule has 0 aliphatic carbocycles. The van der Waals surface area contributed by atoms with Crippen molar-refractivity contribution in [3.8, 4) is 0 Å². The van der Waals surface area contributed by atoms with E-state index in [1.807, 2.05) is 25.9 Å². The first-order valence-corrected chi connectivity index (χ1v) is 6.74. The number of ether oxygens (including phenoxy) is 1. The summed E-state index contributed by atoms with van der Waals surface area (Å²) in [7, 11) is 3.98. The maximum absolute atomic E-state index is 11.9. The lowest BCUT2D eigenvalue weighted by Crippen LogP contribution is -2.47. The molecule has 2 atom stereocenters. The zero-order valence-corrected chi connectivity index (χ0v) is 12.4. The van der Waals surface area contributed by atoms with Crippen molar-refractivity contribution in [2.45, 2.75) is 25.4 Å². The van der Waals surface area contributed by atoms with Crippen LogP contribution in [0, 0.1) is 0 Å². The number of rotatable bonds is 9. The molecule has 0 radical (unpaired) electrons. The number of likely N-dealkylation sites (N-methyl/N-ethyl adjacent to an activating group) is 1. The molecule has 0 saturated carbocycles. The summed E-state index contributed by atoms with van der Waals surface area (Å²) in [4.78, 5) is 20.8. The number of imidazole rings is 1. The summed E-state index contributed by atoms with van der Waals surface area (Å²) >= 11 is 0. The number of nitrogens with zero attached hydrogens (tertiary/aromatic N) is 2. The Kier molecular flexibility index (Phi) is 7.21. The highest BCUT2D eigenvalue weighted by Gasteiger charge is 2.16. The van der Waals surface area contributed by atoms with Crippen LogP contribution in [0.5, 0.6) is 0 Å². The van der Waals surface area contributed by atoms with Gasteiger partial charge in [-0.3, -0.25) is 4.79 Å². The van der Waals surface area contributed by atoms with Crippen molar-refractivity contribution >= 4 is 5.91 Å². The zero-order chi connectivity index (χ0) is 15.0. The number of hydrogen-bond donors (Lipinski definition) is 3. The molecule has 0 aromatic carbocycles. The summed E-state index contributed by atoms with van der Waals surface area (Å²) in [6.07, 6.45) is 3.68. The predicted octanol–water partition coefficient (Wildman–Crippen LogP) is -0.638. The molecule has 20 heavy (non-hydrogen) atoms. The summed E-state index contributed by atoms with van der Waals surface area (Å²) in [6.45, 7) is 3.89. The van der Waals surface area contributed by atoms with Crippen LogP contribution in [-0.4, -0.2) is 66.7 Å². The molecule has 4 N–H and O–H groups in total. The van der Waals surface area contributed by atoms with Gasteiger partial charge in [-0.15, -0.1) is 0 Å². The first kappa shape index (κ1) is 16.6. The topological polar surface area (TPSA) is 96.3 Å². The van der Waals surface area contributed by atoms with E-state index in [-0.39, 0.29) is 11.9 Å². The van der Waals surface area contributed by atoms with Crippen molar-refractivity contribution in [2.24, 2.45) is 5.73 Å². The molecule has 1 heterocycles. The van der Waals surface area contributed by atoms with E-state index in [9.17, 15) is 4.79 Å². The number of nitrogens with one attached hydrogen (secondary N) is 2. The Hall–Kier alpha value is -1.44. The van der Waals surface area contributed by atoms with Gasteiger partial charge in [0.25, 0.3) is 0 Å². The molecule has 1 aromatic rings. The van der Waals surface area contributed by atoms with Gasteiger partial charge in [0, 0.05) is 30.9 Å². The van der Waals surface area contributed by atoms with Crippen molar-refractivity contribution in [1.29, 1.82) is 0 Å². The molecule has 0 bridgehead atoms. The summed E-state index contributed by atoms with van der Waals surface area (Å²) in [5.74, 6) is -0.177. The van der Waals surface area contributed by atoms with E-state index in [0.717, 1.165) is 12.2 Å². The second-order valence-corrected chi connectivity index (χ2v) is 5.18. The molecule has 0 aliphatic heterocycles. The Morgan fingerprint density at radius 1 is 1.60 bits per heavy atom. The van der Waals surface area contributed by atoms with Crippen molar-refractivity contribution in [1.82, 2.24) is 20.2 Å². The summed E-state index contributed by atoms with van der Waals surface area (Å²) < 4.78 is 5.48. The molecule has 114 valence electrons. The van der Waals surface area contributed by atoms with Gasteiger partial charge in [-0.05, 0) is 21.0 Å². The van der Waals surface area contributed by atoms with Crippen LogP contribution in [0.15, 0.2) is 12.5 Å². The van der Waals surface area contributed by atoms with E-state index in [1.54, 1.807) is 12.5 Å². The summed E-state index contributed by atoms with van der Waals surface area (Å²) in [5, 5.41) is 2.84. The molecular formula is C13H25N5O2. The Bertz CT molecular complexity index is 380. The fourth-order valence-corrected chi connectivity index (χ4v) is 1.62. The third kappa shape index (κ3) is 6.65. The fourth-order valence-electron chi connectivity index (χ4n) is 1.62. The second kappa shape index (κ2) is 8.68. The van der Waals surface area contributed by atoms with Crippen LogP contribution < -0.4 is 11.1 Å². The normalized spacial score (nSPS) is 14.2. The van der Waals surface area contributed by atoms with E-state index in [0.29, 0.717) is 19.6 Å². The number of nitrogens with two attached hydrogens (primary N) is 1. The van der Waals surface area contributed by atoms with E-state index in [2.05, 4.69) is 15.3 Å². The standard InChI is InChI=1S/C13H25N5O2/c1-10(8-20-5-4-18(2)3)17-13(19)12(14)6-11-7-15-9-16-11/h7,9-10,12H,4-6,8,14H2,1-3H3,(H,15,16)(H,17,19). The second-order valence-electron chi connectivity index (χ2n) is 5.18. The highest BCUT2D eigenvalue weighted by Crippen LogP contribution is 1.97. The lowest BCUT2D eigenvalue weighted by atomic mass is 10.1. The minimum atomic E-state index is -0.584. The average molecular weight is 283 g/mol. The number of carbonyl (C=O) groups is 1. The predicted molar refractivity (Wildman–Crippen MR) is 77.2 cm³/mol. The van der Waals surface area contributed by atoms with Gasteiger partial charge in [0.2, 0.25) is 5.91 Å². The molecule has 1 rings (SSSR count). The Morgan fingerprint density at radius 2 is 2.35 bits per heavy atom. The van der Waals surface area contributed by atoms with Gasteiger partial charge in [0.05, 0.1) is 25.6 Å². The van der Waals surface area contributed by atoms with E-state index in [4.69, 9.17) is 10.5 Å². The number of carbonyl (C=O) groups excluding carboxylic acids is 1. The first-order chi connectivity index (χ1) is 9.49. The van der Waals surface area contributed by atoms with Crippen LogP contribution in [0.25, 0.3) is 0 Å². The lowest BCUT2D eigenvalue weighted by molar-refractivity contribution is -0.123. The molecular weight excluding hydrogens is 258 g/mol. The molecule has 7 heteroatoms. The number of hydrogen-bond acceptors (Lipinski definition) is 5. The van der Waals surface area contributed by atoms with Gasteiger partial charge in [0.1, 0.15) is 0 Å². The highest BCUT2D eigenvalue weighted by atomic mass is 16.5. The Balaban J connectivity index is 2.19. The van der Waals surface area contributed by atoms with Crippen LogP contribution in [0.2, 0.25) is 0 Å². The van der Waals surface area contributed by atoms with Gasteiger partial charge in [-0.1, -0.05) is 0 Å². The van der Waals surface area contributed by atoms with Gasteiger partial charge >= 0.3 is 0 Å². The summed E-state index contributed by atoms with van der Waals surface area (Å²) in [5.41, 5.74) is 6.69. The summed E-state index contributed by atoms with van der Waals surface area (Å²) in [6, 6.07) is -0.642. The van der Waals surface area contributed by atoms with Crippen molar-refractivity contribution in [2.75, 3.05) is 33.9 Å². The number of amides is 1. The van der Waals surface area contributed by atoms with Gasteiger partial charge in [-0.2, -0.15) is 0 Å². The third-order valence-electron chi connectivity index (χ3n) is 2.77. The van der Waals surface area contributed by atoms with Gasteiger partial charge < -0.3 is 25.7 Å². The van der Waals surface area contributed by atoms with Crippen LogP contribution in [0.4, 0.5) is 0 Å². The number of aromatic nitrogens is 2. The van der Waals surface area contributed by atoms with E-state index in [1.165, 1.54) is 0 Å². The average Bonchev–Trinajstić information content (AvgIpc) is 2.87. The van der Waals surface area contributed by atoms with Gasteiger partial charge in [-0.25, -0.2) is 4.98 Å². The zero-order valence-electron chi connectivity index (χ0n) is 12.4. The first-order valence-electron chi connectivity index (χ1n) is 6.74. The molecule has 0 aliphatic rings. The van der Waals surface area contributed by atoms with E-state index < -0.39 is 6.04 Å². The maximum Gasteiger partial charge on any atom is 0.237 e. The molecule has 1 aromatic heterocycles. The quantitative estimate of drug-likeness (QED) is 0.524. The maximum atomic E-state index is 11.9. The SMILES string of the molecule is CC(COCCN(C)C)NC(=O)C(N)Cc1cnc[nH]1. The van der Waals surface area contributed by atoms with Crippen molar-refractivity contribution in [3.63, 3.8) is 0 Å².